The quantitative estimate of drug-likeness (QED) is 0.608. The minimum Gasteiger partial charge on any atom is -0.493 e. The number of ether oxygens (including phenoxy) is 2. The van der Waals surface area contributed by atoms with Gasteiger partial charge in [0.2, 0.25) is 10.0 Å². The molecule has 0 radical (unpaired) electrons. The lowest BCUT2D eigenvalue weighted by Gasteiger charge is -2.15. The number of rotatable bonds is 10. The molecule has 7 heteroatoms. The zero-order valence-electron chi connectivity index (χ0n) is 16.3. The average molecular weight is 393 g/mol. The molecule has 6 nitrogen and oxygen atoms in total. The Hall–Kier alpha value is -2.09. The first-order chi connectivity index (χ1) is 12.8. The summed E-state index contributed by atoms with van der Waals surface area (Å²) in [5, 5.41) is 3.22. The fourth-order valence-electron chi connectivity index (χ4n) is 2.48. The fraction of sp³-hybridized carbons (Fsp3) is 0.400. The molecule has 2 aromatic carbocycles. The Morgan fingerprint density at radius 2 is 1.70 bits per heavy atom. The Labute approximate surface area is 161 Å². The summed E-state index contributed by atoms with van der Waals surface area (Å²) in [4.78, 5) is 0.276. The van der Waals surface area contributed by atoms with Crippen LogP contribution in [0, 0.1) is 6.92 Å². The summed E-state index contributed by atoms with van der Waals surface area (Å²) in [6.07, 6.45) is 0.0735. The van der Waals surface area contributed by atoms with Gasteiger partial charge in [0, 0.05) is 19.6 Å². The molecule has 0 aliphatic heterocycles. The van der Waals surface area contributed by atoms with Gasteiger partial charge in [0.05, 0.1) is 18.1 Å². The van der Waals surface area contributed by atoms with Crippen LogP contribution < -0.4 is 19.5 Å². The maximum Gasteiger partial charge on any atom is 0.240 e. The van der Waals surface area contributed by atoms with Gasteiger partial charge >= 0.3 is 0 Å². The number of hydrogen-bond donors (Lipinski definition) is 2. The summed E-state index contributed by atoms with van der Waals surface area (Å²) in [5.41, 5.74) is 2.06. The van der Waals surface area contributed by atoms with E-state index in [-0.39, 0.29) is 11.0 Å². The summed E-state index contributed by atoms with van der Waals surface area (Å²) in [5.74, 6) is 1.39. The van der Waals surface area contributed by atoms with E-state index in [1.165, 1.54) is 0 Å². The fourth-order valence-corrected chi connectivity index (χ4v) is 3.51. The molecule has 0 spiro atoms. The van der Waals surface area contributed by atoms with Crippen LogP contribution >= 0.6 is 0 Å². The molecule has 0 atom stereocenters. The summed E-state index contributed by atoms with van der Waals surface area (Å²) >= 11 is 0. The van der Waals surface area contributed by atoms with Gasteiger partial charge in [-0.3, -0.25) is 0 Å². The van der Waals surface area contributed by atoms with Gasteiger partial charge in [0.25, 0.3) is 0 Å². The van der Waals surface area contributed by atoms with Crippen LogP contribution in [-0.2, 0) is 16.6 Å². The third-order valence-electron chi connectivity index (χ3n) is 3.84. The van der Waals surface area contributed by atoms with Crippen molar-refractivity contribution in [3.63, 3.8) is 0 Å². The lowest BCUT2D eigenvalue weighted by atomic mass is 10.2. The molecule has 0 aromatic heterocycles. The molecule has 2 aromatic rings. The van der Waals surface area contributed by atoms with Gasteiger partial charge < -0.3 is 14.8 Å². The van der Waals surface area contributed by atoms with Crippen molar-refractivity contribution in [2.75, 3.05) is 20.2 Å². The second-order valence-corrected chi connectivity index (χ2v) is 8.31. The smallest absolute Gasteiger partial charge is 0.240 e. The molecule has 27 heavy (non-hydrogen) atoms. The van der Waals surface area contributed by atoms with Gasteiger partial charge in [-0.1, -0.05) is 23.8 Å². The molecule has 0 saturated heterocycles. The minimum absolute atomic E-state index is 0.0735. The van der Waals surface area contributed by atoms with Gasteiger partial charge in [0.15, 0.2) is 11.5 Å². The van der Waals surface area contributed by atoms with Crippen LogP contribution in [0.3, 0.4) is 0 Å². The molecular weight excluding hydrogens is 364 g/mol. The maximum atomic E-state index is 12.2. The Kier molecular flexibility index (Phi) is 7.65. The molecular formula is C20H28N2O4S. The zero-order chi connectivity index (χ0) is 19.9. The molecule has 0 fully saturated rings. The van der Waals surface area contributed by atoms with Crippen LogP contribution in [0.15, 0.2) is 47.4 Å². The summed E-state index contributed by atoms with van der Waals surface area (Å²) in [6, 6.07) is 12.6. The molecule has 0 unspecified atom stereocenters. The largest absolute Gasteiger partial charge is 0.493 e. The van der Waals surface area contributed by atoms with Crippen molar-refractivity contribution in [3.8, 4) is 11.5 Å². The number of sulfonamides is 1. The third kappa shape index (κ3) is 6.53. The van der Waals surface area contributed by atoms with E-state index in [1.807, 2.05) is 39.0 Å². The van der Waals surface area contributed by atoms with Crippen LogP contribution in [0.4, 0.5) is 0 Å². The van der Waals surface area contributed by atoms with Gasteiger partial charge in [0.1, 0.15) is 0 Å². The van der Waals surface area contributed by atoms with Crippen LogP contribution in [0.5, 0.6) is 11.5 Å². The first-order valence-corrected chi connectivity index (χ1v) is 10.4. The number of aryl methyl sites for hydroxylation is 1. The highest BCUT2D eigenvalue weighted by Gasteiger charge is 2.12. The number of benzene rings is 2. The second kappa shape index (κ2) is 9.73. The Balaban J connectivity index is 1.82. The van der Waals surface area contributed by atoms with Gasteiger partial charge in [-0.15, -0.1) is 0 Å². The van der Waals surface area contributed by atoms with Crippen LogP contribution in [0.1, 0.15) is 25.0 Å². The first kappa shape index (κ1) is 21.2. The molecule has 0 heterocycles. The average Bonchev–Trinajstić information content (AvgIpc) is 2.62. The molecule has 0 saturated carbocycles. The van der Waals surface area contributed by atoms with Crippen LogP contribution in [-0.4, -0.2) is 34.7 Å². The minimum atomic E-state index is -3.48. The monoisotopic (exact) mass is 392 g/mol. The van der Waals surface area contributed by atoms with Crippen molar-refractivity contribution in [2.45, 2.75) is 38.3 Å². The summed E-state index contributed by atoms with van der Waals surface area (Å²) in [7, 11) is -1.87. The van der Waals surface area contributed by atoms with E-state index in [2.05, 4.69) is 10.0 Å². The van der Waals surface area contributed by atoms with E-state index < -0.39 is 10.0 Å². The highest BCUT2D eigenvalue weighted by Crippen LogP contribution is 2.28. The molecule has 0 bridgehead atoms. The van der Waals surface area contributed by atoms with E-state index in [9.17, 15) is 8.42 Å². The topological polar surface area (TPSA) is 76.7 Å². The lowest BCUT2D eigenvalue weighted by Crippen LogP contribution is -2.31. The van der Waals surface area contributed by atoms with E-state index in [0.717, 1.165) is 11.1 Å². The number of hydrogen-bond acceptors (Lipinski definition) is 5. The van der Waals surface area contributed by atoms with Crippen LogP contribution in [0.25, 0.3) is 0 Å². The van der Waals surface area contributed by atoms with Gasteiger partial charge in [-0.2, -0.15) is 0 Å². The van der Waals surface area contributed by atoms with Crippen LogP contribution in [0.2, 0.25) is 0 Å². The highest BCUT2D eigenvalue weighted by molar-refractivity contribution is 7.89. The maximum absolute atomic E-state index is 12.2. The molecule has 2 rings (SSSR count). The van der Waals surface area contributed by atoms with Crippen molar-refractivity contribution in [2.24, 2.45) is 0 Å². The number of nitrogens with one attached hydrogen (secondary N) is 2. The van der Waals surface area contributed by atoms with Crippen molar-refractivity contribution >= 4 is 10.0 Å². The molecule has 0 aliphatic rings. The predicted molar refractivity (Wildman–Crippen MR) is 107 cm³/mol. The second-order valence-electron chi connectivity index (χ2n) is 6.54. The Morgan fingerprint density at radius 1 is 1.00 bits per heavy atom. The first-order valence-electron chi connectivity index (χ1n) is 8.92. The normalized spacial score (nSPS) is 11.6. The van der Waals surface area contributed by atoms with E-state index in [0.29, 0.717) is 31.1 Å². The van der Waals surface area contributed by atoms with Crippen molar-refractivity contribution in [1.82, 2.24) is 10.0 Å². The standard InChI is InChI=1S/C20H28N2O4S/c1-15(2)26-19-10-7-17(13-20(19)25-4)14-21-11-12-22-27(23,24)18-8-5-16(3)6-9-18/h5-10,13,15,21-22H,11-12,14H2,1-4H3. The van der Waals surface area contributed by atoms with Gasteiger partial charge in [-0.25, -0.2) is 13.1 Å². The van der Waals surface area contributed by atoms with Gasteiger partial charge in [-0.05, 0) is 50.6 Å². The van der Waals surface area contributed by atoms with Crippen molar-refractivity contribution < 1.29 is 17.9 Å². The Morgan fingerprint density at radius 3 is 2.33 bits per heavy atom. The Bertz CT molecular complexity index is 834. The van der Waals surface area contributed by atoms with E-state index in [4.69, 9.17) is 9.47 Å². The predicted octanol–water partition coefficient (Wildman–Crippen LogP) is 2.86. The molecule has 0 amide bonds. The van der Waals surface area contributed by atoms with Crippen molar-refractivity contribution in [3.05, 3.63) is 53.6 Å². The molecule has 148 valence electrons. The van der Waals surface area contributed by atoms with Crippen molar-refractivity contribution in [1.29, 1.82) is 0 Å². The summed E-state index contributed by atoms with van der Waals surface area (Å²) in [6.45, 7) is 7.27. The molecule has 2 N–H and O–H groups in total. The SMILES string of the molecule is COc1cc(CNCCNS(=O)(=O)c2ccc(C)cc2)ccc1OC(C)C. The van der Waals surface area contributed by atoms with E-state index in [1.54, 1.807) is 31.4 Å². The number of methoxy groups -OCH3 is 1. The molecule has 0 aliphatic carbocycles. The highest BCUT2D eigenvalue weighted by atomic mass is 32.2. The summed E-state index contributed by atoms with van der Waals surface area (Å²) < 4.78 is 38.1. The lowest BCUT2D eigenvalue weighted by molar-refractivity contribution is 0.230. The van der Waals surface area contributed by atoms with E-state index >= 15 is 0 Å². The zero-order valence-corrected chi connectivity index (χ0v) is 17.1. The third-order valence-corrected chi connectivity index (χ3v) is 5.32.